The molecule has 2 heterocycles. The van der Waals surface area contributed by atoms with Gasteiger partial charge in [0.05, 0.1) is 13.2 Å². The van der Waals surface area contributed by atoms with E-state index in [0.29, 0.717) is 26.1 Å². The highest BCUT2D eigenvalue weighted by atomic mass is 16.5. The molecule has 0 unspecified atom stereocenters. The number of benzene rings is 1. The van der Waals surface area contributed by atoms with Crippen molar-refractivity contribution in [1.29, 1.82) is 0 Å². The fourth-order valence-electron chi connectivity index (χ4n) is 3.82. The molecule has 0 bridgehead atoms. The van der Waals surface area contributed by atoms with Crippen LogP contribution in [0.5, 0.6) is 0 Å². The van der Waals surface area contributed by atoms with Crippen LogP contribution in [-0.2, 0) is 29.0 Å². The van der Waals surface area contributed by atoms with Gasteiger partial charge < -0.3 is 9.64 Å². The molecule has 0 aliphatic carbocycles. The van der Waals surface area contributed by atoms with Crippen molar-refractivity contribution in [2.75, 3.05) is 26.8 Å². The Morgan fingerprint density at radius 2 is 1.93 bits per heavy atom. The van der Waals surface area contributed by atoms with Crippen LogP contribution in [0.4, 0.5) is 0 Å². The quantitative estimate of drug-likeness (QED) is 0.696. The van der Waals surface area contributed by atoms with Crippen molar-refractivity contribution >= 4 is 5.91 Å². The van der Waals surface area contributed by atoms with Crippen LogP contribution < -0.4 is 5.69 Å². The maximum atomic E-state index is 12.6. The molecule has 1 aliphatic heterocycles. The first kappa shape index (κ1) is 20.3. The van der Waals surface area contributed by atoms with Gasteiger partial charge in [0.15, 0.2) is 0 Å². The van der Waals surface area contributed by atoms with Crippen molar-refractivity contribution in [3.63, 3.8) is 0 Å². The molecule has 152 valence electrons. The van der Waals surface area contributed by atoms with Gasteiger partial charge >= 0.3 is 5.69 Å². The second-order valence-corrected chi connectivity index (χ2v) is 7.24. The van der Waals surface area contributed by atoms with E-state index in [9.17, 15) is 9.59 Å². The van der Waals surface area contributed by atoms with E-state index in [1.54, 1.807) is 11.7 Å². The van der Waals surface area contributed by atoms with Gasteiger partial charge in [0.2, 0.25) is 5.91 Å². The lowest BCUT2D eigenvalue weighted by molar-refractivity contribution is -0.132. The van der Waals surface area contributed by atoms with Gasteiger partial charge in [-0.25, -0.2) is 9.48 Å². The largest absolute Gasteiger partial charge is 0.383 e. The standard InChI is InChI=1S/C21H30N4O3/c1-3-24-20(22-25(21(24)27)15-16-28-2)18-11-13-23(14-12-18)19(26)10-9-17-7-5-4-6-8-17/h4-8,18H,3,9-16H2,1-2H3. The van der Waals surface area contributed by atoms with Crippen LogP contribution in [0.25, 0.3) is 0 Å². The summed E-state index contributed by atoms with van der Waals surface area (Å²) in [4.78, 5) is 27.0. The number of ether oxygens (including phenoxy) is 1. The van der Waals surface area contributed by atoms with Crippen LogP contribution >= 0.6 is 0 Å². The number of piperidine rings is 1. The van der Waals surface area contributed by atoms with Crippen molar-refractivity contribution in [3.05, 3.63) is 52.2 Å². The maximum Gasteiger partial charge on any atom is 0.345 e. The van der Waals surface area contributed by atoms with Crippen LogP contribution in [0.2, 0.25) is 0 Å². The summed E-state index contributed by atoms with van der Waals surface area (Å²) in [6.45, 7) is 4.95. The molecule has 1 aromatic carbocycles. The molecule has 7 heteroatoms. The Balaban J connectivity index is 1.57. The predicted octanol–water partition coefficient (Wildman–Crippen LogP) is 2.05. The van der Waals surface area contributed by atoms with Gasteiger partial charge in [-0.1, -0.05) is 30.3 Å². The second kappa shape index (κ2) is 9.68. The maximum absolute atomic E-state index is 12.6. The smallest absolute Gasteiger partial charge is 0.345 e. The normalized spacial score (nSPS) is 15.1. The van der Waals surface area contributed by atoms with E-state index in [-0.39, 0.29) is 17.5 Å². The predicted molar refractivity (Wildman–Crippen MR) is 107 cm³/mol. The van der Waals surface area contributed by atoms with Crippen LogP contribution in [0.3, 0.4) is 0 Å². The first-order valence-corrected chi connectivity index (χ1v) is 10.1. The summed E-state index contributed by atoms with van der Waals surface area (Å²) in [7, 11) is 1.62. The van der Waals surface area contributed by atoms with Crippen molar-refractivity contribution < 1.29 is 9.53 Å². The van der Waals surface area contributed by atoms with E-state index in [0.717, 1.165) is 38.2 Å². The van der Waals surface area contributed by atoms with Gasteiger partial charge in [-0.2, -0.15) is 5.10 Å². The summed E-state index contributed by atoms with van der Waals surface area (Å²) in [5.74, 6) is 1.27. The molecule has 0 radical (unpaired) electrons. The third kappa shape index (κ3) is 4.70. The topological polar surface area (TPSA) is 69.4 Å². The van der Waals surface area contributed by atoms with E-state index < -0.39 is 0 Å². The average molecular weight is 386 g/mol. The molecule has 3 rings (SSSR count). The third-order valence-corrected chi connectivity index (χ3v) is 5.46. The molecule has 1 amide bonds. The van der Waals surface area contributed by atoms with E-state index in [1.807, 2.05) is 30.0 Å². The van der Waals surface area contributed by atoms with Crippen molar-refractivity contribution in [2.24, 2.45) is 0 Å². The van der Waals surface area contributed by atoms with Gasteiger partial charge in [-0.3, -0.25) is 9.36 Å². The van der Waals surface area contributed by atoms with Crippen LogP contribution in [-0.4, -0.2) is 52.0 Å². The highest BCUT2D eigenvalue weighted by Crippen LogP contribution is 2.26. The summed E-state index contributed by atoms with van der Waals surface area (Å²) in [6.07, 6.45) is 3.01. The molecule has 28 heavy (non-hydrogen) atoms. The molecule has 0 N–H and O–H groups in total. The Kier molecular flexibility index (Phi) is 7.03. The first-order valence-electron chi connectivity index (χ1n) is 10.1. The van der Waals surface area contributed by atoms with E-state index in [4.69, 9.17) is 4.74 Å². The minimum absolute atomic E-state index is 0.0732. The van der Waals surface area contributed by atoms with Crippen molar-refractivity contribution in [3.8, 4) is 0 Å². The van der Waals surface area contributed by atoms with E-state index in [1.165, 1.54) is 10.2 Å². The number of hydrogen-bond acceptors (Lipinski definition) is 4. The summed E-state index contributed by atoms with van der Waals surface area (Å²) in [5, 5.41) is 4.57. The zero-order chi connectivity index (χ0) is 19.9. The molecule has 0 saturated carbocycles. The van der Waals surface area contributed by atoms with Crippen molar-refractivity contribution in [2.45, 2.75) is 51.6 Å². The number of carbonyl (C=O) groups is 1. The number of nitrogens with zero attached hydrogens (tertiary/aromatic N) is 4. The van der Waals surface area contributed by atoms with Gasteiger partial charge in [0.1, 0.15) is 5.82 Å². The Bertz CT molecular complexity index is 820. The molecule has 2 aromatic rings. The number of carbonyl (C=O) groups excluding carboxylic acids is 1. The molecule has 7 nitrogen and oxygen atoms in total. The highest BCUT2D eigenvalue weighted by molar-refractivity contribution is 5.76. The molecular weight excluding hydrogens is 356 g/mol. The van der Waals surface area contributed by atoms with E-state index in [2.05, 4.69) is 17.2 Å². The number of hydrogen-bond donors (Lipinski definition) is 0. The molecule has 1 saturated heterocycles. The zero-order valence-electron chi connectivity index (χ0n) is 16.8. The highest BCUT2D eigenvalue weighted by Gasteiger charge is 2.28. The Morgan fingerprint density at radius 1 is 1.21 bits per heavy atom. The van der Waals surface area contributed by atoms with Crippen LogP contribution in [0.15, 0.2) is 35.1 Å². The van der Waals surface area contributed by atoms with Gasteiger partial charge in [0.25, 0.3) is 0 Å². The second-order valence-electron chi connectivity index (χ2n) is 7.24. The number of aromatic nitrogens is 3. The van der Waals surface area contributed by atoms with E-state index >= 15 is 0 Å². The Hall–Kier alpha value is -2.41. The van der Waals surface area contributed by atoms with Crippen LogP contribution in [0.1, 0.15) is 43.5 Å². The molecular formula is C21H30N4O3. The lowest BCUT2D eigenvalue weighted by Gasteiger charge is -2.31. The molecule has 0 atom stereocenters. The summed E-state index contributed by atoms with van der Waals surface area (Å²) in [5.41, 5.74) is 1.12. The molecule has 0 spiro atoms. The molecule has 1 aromatic heterocycles. The number of likely N-dealkylation sites (tertiary alicyclic amines) is 1. The summed E-state index contributed by atoms with van der Waals surface area (Å²) < 4.78 is 8.33. The summed E-state index contributed by atoms with van der Waals surface area (Å²) in [6, 6.07) is 10.1. The number of amides is 1. The number of aryl methyl sites for hydroxylation is 1. The SMILES string of the molecule is CCn1c(C2CCN(C(=O)CCc3ccccc3)CC2)nn(CCOC)c1=O. The third-order valence-electron chi connectivity index (χ3n) is 5.46. The lowest BCUT2D eigenvalue weighted by Crippen LogP contribution is -2.38. The fourth-order valence-corrected chi connectivity index (χ4v) is 3.82. The average Bonchev–Trinajstić information content (AvgIpc) is 3.06. The number of rotatable bonds is 8. The monoisotopic (exact) mass is 386 g/mol. The Morgan fingerprint density at radius 3 is 2.57 bits per heavy atom. The van der Waals surface area contributed by atoms with Gasteiger partial charge in [0, 0.05) is 39.1 Å². The zero-order valence-corrected chi connectivity index (χ0v) is 16.8. The molecule has 1 aliphatic rings. The lowest BCUT2D eigenvalue weighted by atomic mass is 9.95. The minimum atomic E-state index is -0.0732. The molecule has 1 fully saturated rings. The summed E-state index contributed by atoms with van der Waals surface area (Å²) >= 11 is 0. The fraction of sp³-hybridized carbons (Fsp3) is 0.571. The van der Waals surface area contributed by atoms with Gasteiger partial charge in [-0.15, -0.1) is 0 Å². The Labute approximate surface area is 165 Å². The van der Waals surface area contributed by atoms with Crippen LogP contribution in [0, 0.1) is 0 Å². The first-order chi connectivity index (χ1) is 13.6. The minimum Gasteiger partial charge on any atom is -0.383 e. The van der Waals surface area contributed by atoms with Gasteiger partial charge in [-0.05, 0) is 31.7 Å². The van der Waals surface area contributed by atoms with Crippen molar-refractivity contribution in [1.82, 2.24) is 19.2 Å². The number of methoxy groups -OCH3 is 1.